The molecule has 1 atom stereocenters. The van der Waals surface area contributed by atoms with Gasteiger partial charge >= 0.3 is 6.18 Å². The van der Waals surface area contributed by atoms with Crippen molar-refractivity contribution in [3.63, 3.8) is 0 Å². The number of rotatable bonds is 2. The summed E-state index contributed by atoms with van der Waals surface area (Å²) in [5.74, 6) is -1.18. The molecule has 1 heterocycles. The van der Waals surface area contributed by atoms with E-state index in [0.717, 1.165) is 6.07 Å². The summed E-state index contributed by atoms with van der Waals surface area (Å²) in [6, 6.07) is 3.55. The van der Waals surface area contributed by atoms with Gasteiger partial charge < -0.3 is 5.11 Å². The number of nitro groups is 1. The van der Waals surface area contributed by atoms with Crippen LogP contribution in [-0.2, 0) is 0 Å². The lowest BCUT2D eigenvalue weighted by atomic mass is 10.0. The highest BCUT2D eigenvalue weighted by atomic mass is 19.4. The Bertz CT molecular complexity index is 800. The van der Waals surface area contributed by atoms with Crippen molar-refractivity contribution >= 4 is 11.6 Å². The molecule has 1 aliphatic heterocycles. The van der Waals surface area contributed by atoms with E-state index in [1.807, 2.05) is 0 Å². The number of allylic oxidation sites excluding steroid dienone is 1. The molecule has 2 aliphatic rings. The Morgan fingerprint density at radius 3 is 2.56 bits per heavy atom. The van der Waals surface area contributed by atoms with Gasteiger partial charge in [-0.1, -0.05) is 6.07 Å². The molecule has 134 valence electrons. The lowest BCUT2D eigenvalue weighted by Gasteiger charge is -2.33. The number of aliphatic hydroxyl groups is 1. The maximum Gasteiger partial charge on any atom is 0.438 e. The molecule has 1 saturated heterocycles. The first-order valence-electron chi connectivity index (χ1n) is 7.41. The Kier molecular flexibility index (Phi) is 3.75. The molecule has 0 radical (unpaired) electrons. The summed E-state index contributed by atoms with van der Waals surface area (Å²) in [5.41, 5.74) is -0.929. The molecule has 0 spiro atoms. The number of nitrogens with one attached hydrogen (secondary N) is 1. The van der Waals surface area contributed by atoms with Crippen molar-refractivity contribution in [3.05, 3.63) is 50.7 Å². The zero-order valence-electron chi connectivity index (χ0n) is 13.1. The molecule has 1 unspecified atom stereocenters. The number of hydrazine groups is 1. The van der Waals surface area contributed by atoms with E-state index >= 15 is 0 Å². The minimum absolute atomic E-state index is 0.0728. The van der Waals surface area contributed by atoms with Gasteiger partial charge in [0.1, 0.15) is 0 Å². The Morgan fingerprint density at radius 1 is 1.40 bits per heavy atom. The number of halogens is 3. The van der Waals surface area contributed by atoms with Gasteiger partial charge in [0.2, 0.25) is 0 Å². The first kappa shape index (κ1) is 17.2. The van der Waals surface area contributed by atoms with Gasteiger partial charge in [-0.15, -0.1) is 0 Å². The average molecular weight is 357 g/mol. The number of hydrogen-bond donors (Lipinski definition) is 2. The third-order valence-electron chi connectivity index (χ3n) is 4.36. The summed E-state index contributed by atoms with van der Waals surface area (Å²) in [6.45, 7) is 1.27. The van der Waals surface area contributed by atoms with Crippen LogP contribution in [0.3, 0.4) is 0 Å². The van der Waals surface area contributed by atoms with Crippen molar-refractivity contribution in [3.8, 4) is 0 Å². The second kappa shape index (κ2) is 5.45. The number of carbonyl (C=O) groups is 1. The fraction of sp³-hybridized carbons (Fsp3) is 0.400. The zero-order valence-corrected chi connectivity index (χ0v) is 13.1. The average Bonchev–Trinajstić information content (AvgIpc) is 3.29. The van der Waals surface area contributed by atoms with E-state index in [-0.39, 0.29) is 27.5 Å². The second-order valence-electron chi connectivity index (χ2n) is 6.03. The van der Waals surface area contributed by atoms with Gasteiger partial charge in [-0.3, -0.25) is 20.3 Å². The Morgan fingerprint density at radius 2 is 2.04 bits per heavy atom. The second-order valence-corrected chi connectivity index (χ2v) is 6.03. The minimum atomic E-state index is -5.10. The van der Waals surface area contributed by atoms with E-state index in [2.05, 4.69) is 5.43 Å². The first-order chi connectivity index (χ1) is 11.6. The maximum absolute atomic E-state index is 13.4. The maximum atomic E-state index is 13.4. The van der Waals surface area contributed by atoms with Crippen LogP contribution in [0.15, 0.2) is 29.5 Å². The smallest absolute Gasteiger partial charge is 0.362 e. The van der Waals surface area contributed by atoms with Crippen molar-refractivity contribution in [1.82, 2.24) is 10.4 Å². The van der Waals surface area contributed by atoms with Gasteiger partial charge in [-0.05, 0) is 31.4 Å². The summed E-state index contributed by atoms with van der Waals surface area (Å²) in [5, 5.41) is 21.3. The monoisotopic (exact) mass is 357 g/mol. The van der Waals surface area contributed by atoms with Gasteiger partial charge in [-0.2, -0.15) is 13.2 Å². The highest BCUT2D eigenvalue weighted by Crippen LogP contribution is 2.45. The quantitative estimate of drug-likeness (QED) is 0.626. The van der Waals surface area contributed by atoms with Gasteiger partial charge in [0.25, 0.3) is 17.3 Å². The number of alkyl halides is 3. The Hall–Kier alpha value is -2.62. The van der Waals surface area contributed by atoms with E-state index in [0.29, 0.717) is 18.4 Å². The molecular formula is C15H14F3N3O4. The van der Waals surface area contributed by atoms with Crippen LogP contribution in [0.5, 0.6) is 0 Å². The summed E-state index contributed by atoms with van der Waals surface area (Å²) < 4.78 is 40.3. The molecule has 7 nitrogen and oxygen atoms in total. The fourth-order valence-electron chi connectivity index (χ4n) is 2.78. The SMILES string of the molecule is Cc1c(C(=O)N2NC(=C3CC3)CC2(O)C(F)(F)F)cccc1[N+](=O)[O-]. The molecule has 1 aromatic carbocycles. The van der Waals surface area contributed by atoms with Crippen LogP contribution in [0, 0.1) is 17.0 Å². The molecule has 1 saturated carbocycles. The number of hydrogen-bond acceptors (Lipinski definition) is 5. The van der Waals surface area contributed by atoms with Crippen molar-refractivity contribution in [1.29, 1.82) is 0 Å². The summed E-state index contributed by atoms with van der Waals surface area (Å²) >= 11 is 0. The molecular weight excluding hydrogens is 343 g/mol. The molecule has 10 heteroatoms. The number of benzene rings is 1. The number of amides is 1. The zero-order chi connectivity index (χ0) is 18.6. The molecule has 1 aromatic rings. The molecule has 0 aromatic heterocycles. The molecule has 25 heavy (non-hydrogen) atoms. The normalized spacial score (nSPS) is 22.8. The highest BCUT2D eigenvalue weighted by molar-refractivity contribution is 5.97. The number of nitro benzene ring substituents is 1. The Balaban J connectivity index is 2.05. The van der Waals surface area contributed by atoms with Gasteiger partial charge in [0.15, 0.2) is 0 Å². The van der Waals surface area contributed by atoms with Crippen LogP contribution in [0.1, 0.15) is 35.2 Å². The summed E-state index contributed by atoms with van der Waals surface area (Å²) in [6.07, 6.45) is -4.67. The van der Waals surface area contributed by atoms with Crippen molar-refractivity contribution in [2.45, 2.75) is 38.1 Å². The van der Waals surface area contributed by atoms with Crippen LogP contribution >= 0.6 is 0 Å². The van der Waals surface area contributed by atoms with E-state index in [4.69, 9.17) is 0 Å². The van der Waals surface area contributed by atoms with Crippen molar-refractivity contribution in [2.75, 3.05) is 0 Å². The molecule has 2 fully saturated rings. The van der Waals surface area contributed by atoms with Crippen LogP contribution in [0.4, 0.5) is 18.9 Å². The number of nitrogens with zero attached hydrogens (tertiary/aromatic N) is 2. The lowest BCUT2D eigenvalue weighted by molar-refractivity contribution is -0.385. The van der Waals surface area contributed by atoms with Crippen LogP contribution in [0.2, 0.25) is 0 Å². The largest absolute Gasteiger partial charge is 0.438 e. The Labute approximate surface area is 139 Å². The molecule has 1 aliphatic carbocycles. The molecule has 3 rings (SSSR count). The lowest BCUT2D eigenvalue weighted by Crippen LogP contribution is -2.60. The predicted octanol–water partition coefficient (Wildman–Crippen LogP) is 2.55. The molecule has 0 bridgehead atoms. The van der Waals surface area contributed by atoms with Gasteiger partial charge in [-0.25, -0.2) is 5.01 Å². The van der Waals surface area contributed by atoms with E-state index in [9.17, 15) is 33.2 Å². The third-order valence-corrected chi connectivity index (χ3v) is 4.36. The topological polar surface area (TPSA) is 95.7 Å². The van der Waals surface area contributed by atoms with Gasteiger partial charge in [0, 0.05) is 23.7 Å². The molecule has 2 N–H and O–H groups in total. The van der Waals surface area contributed by atoms with E-state index < -0.39 is 29.2 Å². The van der Waals surface area contributed by atoms with Crippen LogP contribution in [0.25, 0.3) is 0 Å². The predicted molar refractivity (Wildman–Crippen MR) is 79.0 cm³/mol. The summed E-state index contributed by atoms with van der Waals surface area (Å²) in [4.78, 5) is 22.9. The van der Waals surface area contributed by atoms with Crippen LogP contribution in [-0.4, -0.2) is 32.8 Å². The standard InChI is InChI=1S/C15H14F3N3O4/c1-8-10(3-2-4-12(8)21(24)25)13(22)20-14(23,15(16,17)18)7-11(19-20)9-5-6-9/h2-4,19,23H,5-7H2,1H3. The van der Waals surface area contributed by atoms with Crippen LogP contribution < -0.4 is 5.43 Å². The highest BCUT2D eigenvalue weighted by Gasteiger charge is 2.64. The fourth-order valence-corrected chi connectivity index (χ4v) is 2.78. The number of carbonyl (C=O) groups excluding carboxylic acids is 1. The molecule has 1 amide bonds. The van der Waals surface area contributed by atoms with Crippen molar-refractivity contribution < 1.29 is 28.0 Å². The third kappa shape index (κ3) is 2.72. The van der Waals surface area contributed by atoms with Gasteiger partial charge in [0.05, 0.1) is 10.5 Å². The van der Waals surface area contributed by atoms with Crippen molar-refractivity contribution in [2.24, 2.45) is 0 Å². The minimum Gasteiger partial charge on any atom is -0.362 e. The van der Waals surface area contributed by atoms with E-state index in [1.54, 1.807) is 0 Å². The summed E-state index contributed by atoms with van der Waals surface area (Å²) in [7, 11) is 0. The first-order valence-corrected chi connectivity index (χ1v) is 7.41. The van der Waals surface area contributed by atoms with E-state index in [1.165, 1.54) is 19.1 Å².